The summed E-state index contributed by atoms with van der Waals surface area (Å²) in [7, 11) is 0. The largest absolute Gasteiger partial charge is 0.0988 e. The summed E-state index contributed by atoms with van der Waals surface area (Å²) in [6, 6.07) is 8.97. The van der Waals surface area contributed by atoms with Gasteiger partial charge in [-0.25, -0.2) is 0 Å². The smallest absolute Gasteiger partial charge is 0.0146 e. The van der Waals surface area contributed by atoms with Crippen molar-refractivity contribution in [2.24, 2.45) is 0 Å². The normalized spacial score (nSPS) is 11.1. The summed E-state index contributed by atoms with van der Waals surface area (Å²) in [4.78, 5) is 0. The Morgan fingerprint density at radius 2 is 1.19 bits per heavy atom. The molecule has 0 heteroatoms. The molecule has 0 amide bonds. The van der Waals surface area contributed by atoms with E-state index in [-0.39, 0.29) is 25.7 Å². The lowest BCUT2D eigenvalue weighted by atomic mass is 9.76. The van der Waals surface area contributed by atoms with Gasteiger partial charge in [-0.2, -0.15) is 0 Å². The highest BCUT2D eigenvalue weighted by Crippen LogP contribution is 2.33. The molecule has 0 aromatic heterocycles. The standard InChI is InChI=1S/C20H28.2C2H6.2CH4/c1-8-10-11-16(9-2)20(6,7)18-14-12-17(13-15-18)19(3,4)5;2*1-2;;/h8-15H,2H2,1,3-7H3;2*1-2H3;2*1H4/b10-8-,16-11+;;;;. The summed E-state index contributed by atoms with van der Waals surface area (Å²) in [6.07, 6.45) is 8.22. The monoisotopic (exact) mass is 360 g/mol. The van der Waals surface area contributed by atoms with Crippen molar-refractivity contribution in [2.75, 3.05) is 0 Å². The molecule has 0 radical (unpaired) electrons. The Balaban J connectivity index is -0.000000376. The van der Waals surface area contributed by atoms with Gasteiger partial charge in [0.25, 0.3) is 0 Å². The molecule has 0 fully saturated rings. The first-order chi connectivity index (χ1) is 11.2. The van der Waals surface area contributed by atoms with Crippen molar-refractivity contribution in [2.45, 2.75) is 94.9 Å². The van der Waals surface area contributed by atoms with Crippen LogP contribution in [-0.4, -0.2) is 0 Å². The third kappa shape index (κ3) is 9.80. The molecule has 0 nitrogen and oxygen atoms in total. The molecule has 0 bridgehead atoms. The first-order valence-corrected chi connectivity index (χ1v) is 9.30. The molecule has 0 atom stereocenters. The van der Waals surface area contributed by atoms with Crippen LogP contribution in [0.4, 0.5) is 0 Å². The zero-order valence-corrected chi connectivity index (χ0v) is 17.8. The fourth-order valence-electron chi connectivity index (χ4n) is 2.28. The third-order valence-electron chi connectivity index (χ3n) is 3.88. The van der Waals surface area contributed by atoms with Crippen LogP contribution in [0.5, 0.6) is 0 Å². The highest BCUT2D eigenvalue weighted by molar-refractivity contribution is 5.42. The molecule has 0 unspecified atom stereocenters. The van der Waals surface area contributed by atoms with Crippen molar-refractivity contribution in [3.05, 3.63) is 71.8 Å². The molecule has 0 aliphatic heterocycles. The second-order valence-electron chi connectivity index (χ2n) is 6.80. The Bertz CT molecular complexity index is 502. The van der Waals surface area contributed by atoms with Gasteiger partial charge in [0.2, 0.25) is 0 Å². The van der Waals surface area contributed by atoms with E-state index >= 15 is 0 Å². The lowest BCUT2D eigenvalue weighted by Gasteiger charge is -2.28. The van der Waals surface area contributed by atoms with Crippen LogP contribution in [0.2, 0.25) is 0 Å². The van der Waals surface area contributed by atoms with Gasteiger partial charge >= 0.3 is 0 Å². The molecule has 1 aromatic rings. The molecule has 0 aliphatic rings. The number of allylic oxidation sites excluding steroid dienone is 5. The number of rotatable bonds is 4. The van der Waals surface area contributed by atoms with E-state index in [1.54, 1.807) is 0 Å². The topological polar surface area (TPSA) is 0 Å². The van der Waals surface area contributed by atoms with E-state index in [0.29, 0.717) is 0 Å². The van der Waals surface area contributed by atoms with Crippen LogP contribution in [0.25, 0.3) is 0 Å². The van der Waals surface area contributed by atoms with Crippen LogP contribution in [0.15, 0.2) is 60.7 Å². The maximum absolute atomic E-state index is 3.96. The van der Waals surface area contributed by atoms with Crippen molar-refractivity contribution in [3.8, 4) is 0 Å². The van der Waals surface area contributed by atoms with Crippen molar-refractivity contribution in [1.82, 2.24) is 0 Å². The maximum atomic E-state index is 3.96. The predicted molar refractivity (Wildman–Crippen MR) is 127 cm³/mol. The molecule has 1 aromatic carbocycles. The van der Waals surface area contributed by atoms with Crippen LogP contribution in [-0.2, 0) is 10.8 Å². The second-order valence-corrected chi connectivity index (χ2v) is 6.80. The van der Waals surface area contributed by atoms with Crippen molar-refractivity contribution >= 4 is 0 Å². The minimum atomic E-state index is -0.0301. The van der Waals surface area contributed by atoms with Gasteiger partial charge in [-0.05, 0) is 29.0 Å². The first kappa shape index (κ1) is 32.1. The van der Waals surface area contributed by atoms with Crippen molar-refractivity contribution < 1.29 is 0 Å². The molecule has 0 aliphatic carbocycles. The predicted octanol–water partition coefficient (Wildman–Crippen LogP) is 9.27. The lowest BCUT2D eigenvalue weighted by Crippen LogP contribution is -2.20. The van der Waals surface area contributed by atoms with Gasteiger partial charge < -0.3 is 0 Å². The summed E-state index contributed by atoms with van der Waals surface area (Å²) >= 11 is 0. The molecule has 152 valence electrons. The SMILES string of the molecule is C.C.C=C/C(=C\C=C/C)C(C)(C)c1ccc(C(C)(C)C)cc1.CC.CC. The lowest BCUT2D eigenvalue weighted by molar-refractivity contribution is 0.587. The third-order valence-corrected chi connectivity index (χ3v) is 3.88. The van der Waals surface area contributed by atoms with E-state index in [2.05, 4.69) is 77.6 Å². The summed E-state index contributed by atoms with van der Waals surface area (Å²) in [5.41, 5.74) is 4.09. The molecular weight excluding hydrogens is 312 g/mol. The zero-order valence-electron chi connectivity index (χ0n) is 17.8. The van der Waals surface area contributed by atoms with E-state index in [0.717, 1.165) is 0 Å². The first-order valence-electron chi connectivity index (χ1n) is 9.30. The van der Waals surface area contributed by atoms with E-state index in [4.69, 9.17) is 0 Å². The average molecular weight is 361 g/mol. The zero-order chi connectivity index (χ0) is 19.4. The van der Waals surface area contributed by atoms with Gasteiger partial charge in [-0.1, -0.05) is 132 Å². The van der Waals surface area contributed by atoms with E-state index in [9.17, 15) is 0 Å². The Hall–Kier alpha value is -1.56. The van der Waals surface area contributed by atoms with Crippen LogP contribution in [0.1, 0.15) is 95.2 Å². The van der Waals surface area contributed by atoms with Gasteiger partial charge in [0.05, 0.1) is 0 Å². The van der Waals surface area contributed by atoms with Crippen LogP contribution in [0, 0.1) is 0 Å². The van der Waals surface area contributed by atoms with E-state index in [1.807, 2.05) is 46.8 Å². The molecule has 0 saturated heterocycles. The van der Waals surface area contributed by atoms with Crippen LogP contribution < -0.4 is 0 Å². The molecule has 0 saturated carbocycles. The minimum Gasteiger partial charge on any atom is -0.0988 e. The molecule has 26 heavy (non-hydrogen) atoms. The number of hydrogen-bond donors (Lipinski definition) is 0. The Morgan fingerprint density at radius 1 is 0.808 bits per heavy atom. The number of hydrogen-bond acceptors (Lipinski definition) is 0. The van der Waals surface area contributed by atoms with Gasteiger partial charge in [-0.3, -0.25) is 0 Å². The molecule has 0 N–H and O–H groups in total. The molecule has 0 spiro atoms. The Kier molecular flexibility index (Phi) is 19.4. The Labute approximate surface area is 167 Å². The molecular formula is C26H48. The fourth-order valence-corrected chi connectivity index (χ4v) is 2.28. The highest BCUT2D eigenvalue weighted by Gasteiger charge is 2.24. The highest BCUT2D eigenvalue weighted by atomic mass is 14.3. The van der Waals surface area contributed by atoms with Gasteiger partial charge in [-0.15, -0.1) is 0 Å². The van der Waals surface area contributed by atoms with E-state index < -0.39 is 0 Å². The summed E-state index contributed by atoms with van der Waals surface area (Å²) in [6.45, 7) is 25.2. The summed E-state index contributed by atoms with van der Waals surface area (Å²) in [5, 5.41) is 0. The Morgan fingerprint density at radius 3 is 1.50 bits per heavy atom. The average Bonchev–Trinajstić information content (AvgIpc) is 2.58. The molecule has 0 heterocycles. The van der Waals surface area contributed by atoms with Gasteiger partial charge in [0, 0.05) is 5.41 Å². The van der Waals surface area contributed by atoms with Crippen LogP contribution >= 0.6 is 0 Å². The van der Waals surface area contributed by atoms with Crippen molar-refractivity contribution in [3.63, 3.8) is 0 Å². The maximum Gasteiger partial charge on any atom is 0.0146 e. The summed E-state index contributed by atoms with van der Waals surface area (Å²) < 4.78 is 0. The van der Waals surface area contributed by atoms with Gasteiger partial charge in [0.1, 0.15) is 0 Å². The minimum absolute atomic E-state index is 0. The van der Waals surface area contributed by atoms with E-state index in [1.165, 1.54) is 16.7 Å². The van der Waals surface area contributed by atoms with Crippen LogP contribution in [0.3, 0.4) is 0 Å². The van der Waals surface area contributed by atoms with Crippen molar-refractivity contribution in [1.29, 1.82) is 0 Å². The summed E-state index contributed by atoms with van der Waals surface area (Å²) in [5.74, 6) is 0. The second kappa shape index (κ2) is 15.7. The molecule has 1 rings (SSSR count). The number of benzene rings is 1. The quantitative estimate of drug-likeness (QED) is 0.469. The fraction of sp³-hybridized carbons (Fsp3) is 0.538. The van der Waals surface area contributed by atoms with Gasteiger partial charge in [0.15, 0.2) is 0 Å².